The Morgan fingerprint density at radius 1 is 1.32 bits per heavy atom. The molecule has 0 saturated heterocycles. The third-order valence-electron chi connectivity index (χ3n) is 2.78. The molecule has 0 radical (unpaired) electrons. The van der Waals surface area contributed by atoms with E-state index in [2.05, 4.69) is 20.3 Å². The average molecular weight is 271 g/mol. The van der Waals surface area contributed by atoms with Crippen molar-refractivity contribution in [1.29, 1.82) is 0 Å². The van der Waals surface area contributed by atoms with E-state index in [4.69, 9.17) is 0 Å². The number of pyridine rings is 1. The van der Waals surface area contributed by atoms with E-state index in [9.17, 15) is 0 Å². The molecule has 0 unspecified atom stereocenters. The monoisotopic (exact) mass is 271 g/mol. The minimum absolute atomic E-state index is 0.747. The van der Waals surface area contributed by atoms with Crippen molar-refractivity contribution < 1.29 is 0 Å². The summed E-state index contributed by atoms with van der Waals surface area (Å²) in [6, 6.07) is 3.94. The van der Waals surface area contributed by atoms with Gasteiger partial charge in [-0.2, -0.15) is 0 Å². The lowest BCUT2D eigenvalue weighted by molar-refractivity contribution is 0.929. The number of thiazole rings is 1. The van der Waals surface area contributed by atoms with E-state index in [0.29, 0.717) is 0 Å². The van der Waals surface area contributed by atoms with Crippen molar-refractivity contribution in [2.24, 2.45) is 0 Å². The maximum Gasteiger partial charge on any atom is 0.161 e. The van der Waals surface area contributed by atoms with E-state index in [1.165, 1.54) is 4.88 Å². The predicted octanol–water partition coefficient (Wildman–Crippen LogP) is 2.64. The molecule has 0 saturated carbocycles. The molecule has 96 valence electrons. The van der Waals surface area contributed by atoms with Gasteiger partial charge in [0.1, 0.15) is 5.82 Å². The number of imidazole rings is 1. The molecule has 3 rings (SSSR count). The highest BCUT2D eigenvalue weighted by Gasteiger charge is 2.07. The molecule has 0 aliphatic heterocycles. The molecule has 3 aromatic rings. The summed E-state index contributed by atoms with van der Waals surface area (Å²) in [5.74, 6) is 1.78. The van der Waals surface area contributed by atoms with E-state index < -0.39 is 0 Å². The topological polar surface area (TPSA) is 55.6 Å². The summed E-state index contributed by atoms with van der Waals surface area (Å²) in [5, 5.41) is 3.39. The normalized spacial score (nSPS) is 10.6. The molecule has 3 aromatic heterocycles. The highest BCUT2D eigenvalue weighted by atomic mass is 32.1. The van der Waals surface area contributed by atoms with Crippen LogP contribution in [0.4, 0.5) is 5.69 Å². The summed E-state index contributed by atoms with van der Waals surface area (Å²) in [6.45, 7) is 2.71. The number of nitrogens with zero attached hydrogens (tertiary/aromatic N) is 4. The Labute approximate surface area is 115 Å². The highest BCUT2D eigenvalue weighted by molar-refractivity contribution is 7.09. The third-order valence-corrected chi connectivity index (χ3v) is 3.56. The molecule has 0 bridgehead atoms. The Hall–Kier alpha value is -2.21. The first kappa shape index (κ1) is 11.9. The fourth-order valence-electron chi connectivity index (χ4n) is 1.84. The van der Waals surface area contributed by atoms with E-state index in [-0.39, 0.29) is 0 Å². The predicted molar refractivity (Wildman–Crippen MR) is 75.5 cm³/mol. The first-order valence-corrected chi connectivity index (χ1v) is 6.79. The van der Waals surface area contributed by atoms with Gasteiger partial charge in [0, 0.05) is 29.7 Å². The highest BCUT2D eigenvalue weighted by Crippen LogP contribution is 2.19. The van der Waals surface area contributed by atoms with Gasteiger partial charge in [-0.3, -0.25) is 9.55 Å². The molecule has 0 aromatic carbocycles. The van der Waals surface area contributed by atoms with Crippen LogP contribution in [0.1, 0.15) is 10.7 Å². The smallest absolute Gasteiger partial charge is 0.161 e. The van der Waals surface area contributed by atoms with Gasteiger partial charge in [-0.05, 0) is 19.1 Å². The SMILES string of the molecule is Cc1nccn1-c1ncccc1NCc1cncs1. The van der Waals surface area contributed by atoms with Crippen molar-refractivity contribution in [2.75, 3.05) is 5.32 Å². The van der Waals surface area contributed by atoms with Gasteiger partial charge in [-0.1, -0.05) is 0 Å². The van der Waals surface area contributed by atoms with Crippen LogP contribution in [0, 0.1) is 6.92 Å². The zero-order valence-electron chi connectivity index (χ0n) is 10.4. The largest absolute Gasteiger partial charge is 0.377 e. The molecule has 1 N–H and O–H groups in total. The van der Waals surface area contributed by atoms with Crippen LogP contribution in [0.25, 0.3) is 5.82 Å². The summed E-state index contributed by atoms with van der Waals surface area (Å²) in [5.41, 5.74) is 2.82. The second-order valence-electron chi connectivity index (χ2n) is 4.04. The van der Waals surface area contributed by atoms with Crippen molar-refractivity contribution >= 4 is 17.0 Å². The first-order chi connectivity index (χ1) is 9.34. The van der Waals surface area contributed by atoms with Gasteiger partial charge in [0.05, 0.1) is 17.7 Å². The summed E-state index contributed by atoms with van der Waals surface area (Å²) in [7, 11) is 0. The lowest BCUT2D eigenvalue weighted by atomic mass is 10.3. The van der Waals surface area contributed by atoms with Crippen LogP contribution in [-0.4, -0.2) is 19.5 Å². The molecule has 0 amide bonds. The Balaban J connectivity index is 1.88. The number of hydrogen-bond donors (Lipinski definition) is 1. The molecule has 0 aliphatic rings. The fourth-order valence-corrected chi connectivity index (χ4v) is 2.37. The maximum absolute atomic E-state index is 4.43. The van der Waals surface area contributed by atoms with Gasteiger partial charge in [-0.25, -0.2) is 9.97 Å². The number of aromatic nitrogens is 4. The van der Waals surface area contributed by atoms with Crippen molar-refractivity contribution in [3.05, 3.63) is 53.1 Å². The van der Waals surface area contributed by atoms with Crippen LogP contribution < -0.4 is 5.32 Å². The van der Waals surface area contributed by atoms with Gasteiger partial charge in [0.15, 0.2) is 5.82 Å². The van der Waals surface area contributed by atoms with Crippen molar-refractivity contribution in [3.8, 4) is 5.82 Å². The first-order valence-electron chi connectivity index (χ1n) is 5.91. The van der Waals surface area contributed by atoms with Crippen molar-refractivity contribution in [1.82, 2.24) is 19.5 Å². The van der Waals surface area contributed by atoms with Crippen molar-refractivity contribution in [3.63, 3.8) is 0 Å². The molecule has 0 spiro atoms. The number of hydrogen-bond acceptors (Lipinski definition) is 5. The summed E-state index contributed by atoms with van der Waals surface area (Å²) in [4.78, 5) is 13.9. The molecule has 6 heteroatoms. The maximum atomic E-state index is 4.43. The van der Waals surface area contributed by atoms with Gasteiger partial charge < -0.3 is 5.32 Å². The number of rotatable bonds is 4. The second kappa shape index (κ2) is 5.19. The number of nitrogens with one attached hydrogen (secondary N) is 1. The van der Waals surface area contributed by atoms with Crippen LogP contribution >= 0.6 is 11.3 Å². The Morgan fingerprint density at radius 3 is 3.00 bits per heavy atom. The van der Waals surface area contributed by atoms with Crippen LogP contribution in [0.3, 0.4) is 0 Å². The van der Waals surface area contributed by atoms with E-state index in [1.54, 1.807) is 23.7 Å². The quantitative estimate of drug-likeness (QED) is 0.792. The van der Waals surface area contributed by atoms with E-state index >= 15 is 0 Å². The van der Waals surface area contributed by atoms with Gasteiger partial charge in [0.2, 0.25) is 0 Å². The van der Waals surface area contributed by atoms with Gasteiger partial charge >= 0.3 is 0 Å². The Bertz CT molecular complexity index is 659. The lowest BCUT2D eigenvalue weighted by Crippen LogP contribution is -2.06. The van der Waals surface area contributed by atoms with Crippen molar-refractivity contribution in [2.45, 2.75) is 13.5 Å². The third kappa shape index (κ3) is 2.48. The molecule has 0 fully saturated rings. The molecule has 0 aliphatic carbocycles. The molecular formula is C13H13N5S. The second-order valence-corrected chi connectivity index (χ2v) is 5.01. The van der Waals surface area contributed by atoms with E-state index in [1.807, 2.05) is 41.5 Å². The van der Waals surface area contributed by atoms with Gasteiger partial charge in [-0.15, -0.1) is 11.3 Å². The van der Waals surface area contributed by atoms with Crippen LogP contribution in [-0.2, 0) is 6.54 Å². The molecule has 19 heavy (non-hydrogen) atoms. The number of aryl methyl sites for hydroxylation is 1. The molecule has 3 heterocycles. The zero-order valence-corrected chi connectivity index (χ0v) is 11.3. The Morgan fingerprint density at radius 2 is 2.26 bits per heavy atom. The molecule has 5 nitrogen and oxygen atoms in total. The minimum Gasteiger partial charge on any atom is -0.377 e. The summed E-state index contributed by atoms with van der Waals surface area (Å²) in [6.07, 6.45) is 7.34. The zero-order chi connectivity index (χ0) is 13.1. The van der Waals surface area contributed by atoms with E-state index in [0.717, 1.165) is 23.9 Å². The van der Waals surface area contributed by atoms with Crippen LogP contribution in [0.2, 0.25) is 0 Å². The summed E-state index contributed by atoms with van der Waals surface area (Å²) < 4.78 is 1.97. The standard InChI is InChI=1S/C13H13N5S/c1-10-15-5-6-18(10)13-12(3-2-4-16-13)17-8-11-7-14-9-19-11/h2-7,9,17H,8H2,1H3. The Kier molecular flexibility index (Phi) is 3.24. The number of anilines is 1. The fraction of sp³-hybridized carbons (Fsp3) is 0.154. The molecular weight excluding hydrogens is 258 g/mol. The average Bonchev–Trinajstić information content (AvgIpc) is 3.08. The lowest BCUT2D eigenvalue weighted by Gasteiger charge is -2.11. The minimum atomic E-state index is 0.747. The van der Waals surface area contributed by atoms with Crippen LogP contribution in [0.5, 0.6) is 0 Å². The summed E-state index contributed by atoms with van der Waals surface area (Å²) >= 11 is 1.64. The van der Waals surface area contributed by atoms with Gasteiger partial charge in [0.25, 0.3) is 0 Å². The van der Waals surface area contributed by atoms with Crippen LogP contribution in [0.15, 0.2) is 42.4 Å². The molecule has 0 atom stereocenters.